The van der Waals surface area contributed by atoms with Crippen LogP contribution in [0, 0.1) is 0 Å². The van der Waals surface area contributed by atoms with Gasteiger partial charge in [-0.3, -0.25) is 10.3 Å². The maximum Gasteiger partial charge on any atom is 0.104 e. The van der Waals surface area contributed by atoms with Crippen LogP contribution >= 0.6 is 0 Å². The molecular weight excluding hydrogens is 174 g/mol. The van der Waals surface area contributed by atoms with E-state index in [1.807, 2.05) is 12.2 Å². The van der Waals surface area contributed by atoms with Crippen LogP contribution in [0.25, 0.3) is 0 Å². The van der Waals surface area contributed by atoms with Crippen LogP contribution in [0.5, 0.6) is 0 Å². The second-order valence-corrected chi connectivity index (χ2v) is 3.36. The van der Waals surface area contributed by atoms with Gasteiger partial charge in [-0.25, -0.2) is 0 Å². The second kappa shape index (κ2) is 5.60. The van der Waals surface area contributed by atoms with Crippen molar-refractivity contribution in [3.05, 3.63) is 25.3 Å². The summed E-state index contributed by atoms with van der Waals surface area (Å²) >= 11 is 0. The maximum atomic E-state index is 4.44. The molecule has 0 spiro atoms. The lowest BCUT2D eigenvalue weighted by atomic mass is 10.3. The Bertz CT molecular complexity index is 233. The van der Waals surface area contributed by atoms with E-state index >= 15 is 0 Å². The Hall–Kier alpha value is -1.09. The topological polar surface area (TPSA) is 27.6 Å². The van der Waals surface area contributed by atoms with Crippen LogP contribution in [0.1, 0.15) is 13.3 Å². The minimum Gasteiger partial charge on any atom is -0.343 e. The zero-order valence-corrected chi connectivity index (χ0v) is 8.87. The normalized spacial score (nSPS) is 17.8. The molecule has 1 N–H and O–H groups in total. The summed E-state index contributed by atoms with van der Waals surface area (Å²) < 4.78 is 0. The third kappa shape index (κ3) is 2.70. The van der Waals surface area contributed by atoms with E-state index < -0.39 is 0 Å². The third-order valence-electron chi connectivity index (χ3n) is 2.32. The van der Waals surface area contributed by atoms with Gasteiger partial charge in [0.2, 0.25) is 0 Å². The van der Waals surface area contributed by atoms with Crippen molar-refractivity contribution in [3.8, 4) is 0 Å². The van der Waals surface area contributed by atoms with Crippen LogP contribution in [0.2, 0.25) is 0 Å². The zero-order valence-electron chi connectivity index (χ0n) is 8.87. The van der Waals surface area contributed by atoms with E-state index in [9.17, 15) is 0 Å². The molecule has 14 heavy (non-hydrogen) atoms. The minimum absolute atomic E-state index is 0.328. The van der Waals surface area contributed by atoms with E-state index in [2.05, 4.69) is 35.3 Å². The molecule has 3 heteroatoms. The number of nitrogens with one attached hydrogen (secondary N) is 1. The lowest BCUT2D eigenvalue weighted by molar-refractivity contribution is 0.309. The average molecular weight is 193 g/mol. The van der Waals surface area contributed by atoms with Crippen molar-refractivity contribution in [2.45, 2.75) is 19.5 Å². The van der Waals surface area contributed by atoms with Gasteiger partial charge in [0, 0.05) is 19.5 Å². The SMILES string of the molecule is C=CCNC(C)N1CCN=C1CC=C. The van der Waals surface area contributed by atoms with Gasteiger partial charge in [0.15, 0.2) is 0 Å². The van der Waals surface area contributed by atoms with Gasteiger partial charge in [-0.1, -0.05) is 12.2 Å². The van der Waals surface area contributed by atoms with Gasteiger partial charge in [-0.05, 0) is 6.92 Å². The average Bonchev–Trinajstić information content (AvgIpc) is 2.63. The van der Waals surface area contributed by atoms with Crippen LogP contribution in [0.4, 0.5) is 0 Å². The fraction of sp³-hybridized carbons (Fsp3) is 0.545. The van der Waals surface area contributed by atoms with Gasteiger partial charge >= 0.3 is 0 Å². The van der Waals surface area contributed by atoms with Gasteiger partial charge in [0.1, 0.15) is 5.84 Å². The van der Waals surface area contributed by atoms with Crippen molar-refractivity contribution in [1.29, 1.82) is 0 Å². The smallest absolute Gasteiger partial charge is 0.104 e. The van der Waals surface area contributed by atoms with E-state index in [1.165, 1.54) is 0 Å². The Labute approximate surface area is 86.2 Å². The molecule has 0 radical (unpaired) electrons. The van der Waals surface area contributed by atoms with Gasteiger partial charge in [0.25, 0.3) is 0 Å². The predicted molar refractivity (Wildman–Crippen MR) is 61.5 cm³/mol. The number of hydrogen-bond acceptors (Lipinski definition) is 3. The van der Waals surface area contributed by atoms with Crippen molar-refractivity contribution >= 4 is 5.84 Å². The van der Waals surface area contributed by atoms with Crippen LogP contribution < -0.4 is 5.32 Å². The van der Waals surface area contributed by atoms with E-state index in [4.69, 9.17) is 0 Å². The third-order valence-corrected chi connectivity index (χ3v) is 2.32. The van der Waals surface area contributed by atoms with Gasteiger partial charge in [0.05, 0.1) is 12.7 Å². The van der Waals surface area contributed by atoms with Crippen molar-refractivity contribution < 1.29 is 0 Å². The Morgan fingerprint density at radius 1 is 1.57 bits per heavy atom. The van der Waals surface area contributed by atoms with Crippen LogP contribution in [0.3, 0.4) is 0 Å². The first kappa shape index (κ1) is 11.0. The number of nitrogens with zero attached hydrogens (tertiary/aromatic N) is 2. The number of rotatable bonds is 6. The second-order valence-electron chi connectivity index (χ2n) is 3.36. The molecule has 0 aromatic rings. The maximum absolute atomic E-state index is 4.44. The molecule has 1 heterocycles. The van der Waals surface area contributed by atoms with Crippen molar-refractivity contribution in [2.24, 2.45) is 4.99 Å². The summed E-state index contributed by atoms with van der Waals surface area (Å²) in [5.74, 6) is 1.14. The summed E-state index contributed by atoms with van der Waals surface area (Å²) in [6.45, 7) is 12.3. The van der Waals surface area contributed by atoms with E-state index in [-0.39, 0.29) is 0 Å². The molecule has 1 unspecified atom stereocenters. The monoisotopic (exact) mass is 193 g/mol. The largest absolute Gasteiger partial charge is 0.343 e. The number of hydrogen-bond donors (Lipinski definition) is 1. The Balaban J connectivity index is 2.46. The van der Waals surface area contributed by atoms with Crippen LogP contribution in [-0.2, 0) is 0 Å². The van der Waals surface area contributed by atoms with Crippen molar-refractivity contribution in [2.75, 3.05) is 19.6 Å². The summed E-state index contributed by atoms with van der Waals surface area (Å²) in [5, 5.41) is 3.36. The standard InChI is InChI=1S/C11H19N3/c1-4-6-11-13-8-9-14(11)10(3)12-7-5-2/h4-5,10,12H,1-2,6-9H2,3H3. The first-order chi connectivity index (χ1) is 6.79. The lowest BCUT2D eigenvalue weighted by Gasteiger charge is -2.27. The number of aliphatic imine (C=N–C) groups is 1. The van der Waals surface area contributed by atoms with Crippen molar-refractivity contribution in [3.63, 3.8) is 0 Å². The lowest BCUT2D eigenvalue weighted by Crippen LogP contribution is -2.45. The fourth-order valence-corrected chi connectivity index (χ4v) is 1.60. The number of amidine groups is 1. The van der Waals surface area contributed by atoms with Crippen LogP contribution in [-0.4, -0.2) is 36.5 Å². The molecule has 0 bridgehead atoms. The summed E-state index contributed by atoms with van der Waals surface area (Å²) in [6.07, 6.45) is 4.96. The van der Waals surface area contributed by atoms with Gasteiger partial charge < -0.3 is 4.90 Å². The van der Waals surface area contributed by atoms with Gasteiger partial charge in [-0.15, -0.1) is 13.2 Å². The highest BCUT2D eigenvalue weighted by Gasteiger charge is 2.19. The van der Waals surface area contributed by atoms with Gasteiger partial charge in [-0.2, -0.15) is 0 Å². The van der Waals surface area contributed by atoms with E-state index in [1.54, 1.807) is 0 Å². The zero-order chi connectivity index (χ0) is 10.4. The Kier molecular flexibility index (Phi) is 4.40. The molecule has 0 aromatic heterocycles. The summed E-state index contributed by atoms with van der Waals surface area (Å²) in [5.41, 5.74) is 0. The van der Waals surface area contributed by atoms with Crippen molar-refractivity contribution in [1.82, 2.24) is 10.2 Å². The highest BCUT2D eigenvalue weighted by molar-refractivity contribution is 5.85. The Morgan fingerprint density at radius 2 is 2.36 bits per heavy atom. The molecule has 1 aliphatic heterocycles. The van der Waals surface area contributed by atoms with E-state index in [0.29, 0.717) is 6.17 Å². The molecule has 0 saturated carbocycles. The molecular formula is C11H19N3. The summed E-state index contributed by atoms with van der Waals surface area (Å²) in [6, 6.07) is 0. The van der Waals surface area contributed by atoms with Crippen LogP contribution in [0.15, 0.2) is 30.3 Å². The molecule has 0 amide bonds. The molecule has 1 rings (SSSR count). The molecule has 1 aliphatic rings. The first-order valence-electron chi connectivity index (χ1n) is 5.04. The predicted octanol–water partition coefficient (Wildman–Crippen LogP) is 1.40. The molecule has 78 valence electrons. The quantitative estimate of drug-likeness (QED) is 0.646. The first-order valence-corrected chi connectivity index (χ1v) is 5.04. The molecule has 1 atom stereocenters. The molecule has 0 saturated heterocycles. The molecule has 3 nitrogen and oxygen atoms in total. The van der Waals surface area contributed by atoms with E-state index in [0.717, 1.165) is 31.9 Å². The highest BCUT2D eigenvalue weighted by Crippen LogP contribution is 2.08. The Morgan fingerprint density at radius 3 is 3.00 bits per heavy atom. The summed E-state index contributed by atoms with van der Waals surface area (Å²) in [4.78, 5) is 6.72. The minimum atomic E-state index is 0.328. The highest BCUT2D eigenvalue weighted by atomic mass is 15.3. The summed E-state index contributed by atoms with van der Waals surface area (Å²) in [7, 11) is 0. The molecule has 0 aliphatic carbocycles. The molecule has 0 fully saturated rings. The fourth-order valence-electron chi connectivity index (χ4n) is 1.60. The molecule has 0 aromatic carbocycles.